The van der Waals surface area contributed by atoms with E-state index in [1.807, 2.05) is 6.92 Å². The van der Waals surface area contributed by atoms with Crippen LogP contribution < -0.4 is 27.4 Å². The third-order valence-electron chi connectivity index (χ3n) is 5.02. The zero-order valence-corrected chi connectivity index (χ0v) is 18.2. The van der Waals surface area contributed by atoms with E-state index in [9.17, 15) is 29.1 Å². The molecule has 0 aliphatic heterocycles. The summed E-state index contributed by atoms with van der Waals surface area (Å²) in [5.41, 5.74) is 10.7. The van der Waals surface area contributed by atoms with Gasteiger partial charge in [0.2, 0.25) is 23.6 Å². The standard InChI is InChI=1S/C19H35N5O6/c1-6-9(3)14(23-16(26)11(5)20)18(28)22-12(8-13(21)25)17(27)24-15(19(29)30)10(4)7-2/h9-12,14-15H,6-8,20H2,1-5H3,(H2,21,25)(H,22,28)(H,23,26)(H,24,27)(H,29,30). The fourth-order valence-electron chi connectivity index (χ4n) is 2.60. The van der Waals surface area contributed by atoms with Crippen LogP contribution in [0.1, 0.15) is 53.9 Å². The minimum Gasteiger partial charge on any atom is -0.480 e. The largest absolute Gasteiger partial charge is 0.480 e. The molecule has 6 atom stereocenters. The molecule has 172 valence electrons. The molecular weight excluding hydrogens is 394 g/mol. The number of amides is 4. The Labute approximate surface area is 176 Å². The minimum absolute atomic E-state index is 0.295. The Kier molecular flexibility index (Phi) is 11.6. The van der Waals surface area contributed by atoms with Crippen molar-refractivity contribution in [3.8, 4) is 0 Å². The monoisotopic (exact) mass is 429 g/mol. The van der Waals surface area contributed by atoms with Gasteiger partial charge in [0, 0.05) is 0 Å². The summed E-state index contributed by atoms with van der Waals surface area (Å²) >= 11 is 0. The van der Waals surface area contributed by atoms with Crippen LogP contribution in [0.5, 0.6) is 0 Å². The lowest BCUT2D eigenvalue weighted by Crippen LogP contribution is -2.59. The van der Waals surface area contributed by atoms with Crippen LogP contribution in [0.25, 0.3) is 0 Å². The zero-order chi connectivity index (χ0) is 23.6. The van der Waals surface area contributed by atoms with Gasteiger partial charge in [-0.05, 0) is 18.8 Å². The van der Waals surface area contributed by atoms with Crippen molar-refractivity contribution in [3.05, 3.63) is 0 Å². The van der Waals surface area contributed by atoms with E-state index in [4.69, 9.17) is 11.5 Å². The summed E-state index contributed by atoms with van der Waals surface area (Å²) in [6.45, 7) is 8.44. The molecule has 0 aliphatic carbocycles. The summed E-state index contributed by atoms with van der Waals surface area (Å²) < 4.78 is 0. The van der Waals surface area contributed by atoms with E-state index in [1.165, 1.54) is 6.92 Å². The summed E-state index contributed by atoms with van der Waals surface area (Å²) in [6, 6.07) is -4.43. The highest BCUT2D eigenvalue weighted by Gasteiger charge is 2.33. The predicted octanol–water partition coefficient (Wildman–Crippen LogP) is -1.16. The van der Waals surface area contributed by atoms with Gasteiger partial charge in [0.15, 0.2) is 0 Å². The van der Waals surface area contributed by atoms with Gasteiger partial charge in [-0.2, -0.15) is 0 Å². The molecule has 0 saturated heterocycles. The average molecular weight is 430 g/mol. The van der Waals surface area contributed by atoms with Crippen molar-refractivity contribution in [1.29, 1.82) is 0 Å². The Bertz CT molecular complexity index is 639. The molecule has 8 N–H and O–H groups in total. The lowest BCUT2D eigenvalue weighted by atomic mass is 9.96. The summed E-state index contributed by atoms with van der Waals surface area (Å²) in [4.78, 5) is 60.3. The number of carboxylic acid groups (broad SMARTS) is 1. The number of carboxylic acids is 1. The highest BCUT2D eigenvalue weighted by atomic mass is 16.4. The van der Waals surface area contributed by atoms with E-state index >= 15 is 0 Å². The molecule has 0 heterocycles. The van der Waals surface area contributed by atoms with E-state index in [-0.39, 0.29) is 11.8 Å². The van der Waals surface area contributed by atoms with Crippen molar-refractivity contribution in [2.75, 3.05) is 0 Å². The van der Waals surface area contributed by atoms with Gasteiger partial charge in [-0.1, -0.05) is 40.5 Å². The lowest BCUT2D eigenvalue weighted by molar-refractivity contribution is -0.144. The Morgan fingerprint density at radius 3 is 1.67 bits per heavy atom. The maximum Gasteiger partial charge on any atom is 0.326 e. The first kappa shape index (κ1) is 27.3. The van der Waals surface area contributed by atoms with Gasteiger partial charge in [0.1, 0.15) is 18.1 Å². The topological polar surface area (TPSA) is 194 Å². The molecule has 11 nitrogen and oxygen atoms in total. The van der Waals surface area contributed by atoms with Gasteiger partial charge in [-0.25, -0.2) is 4.79 Å². The smallest absolute Gasteiger partial charge is 0.326 e. The number of primary amides is 1. The van der Waals surface area contributed by atoms with Crippen molar-refractivity contribution in [2.45, 2.75) is 78.0 Å². The van der Waals surface area contributed by atoms with E-state index in [1.54, 1.807) is 20.8 Å². The first-order valence-electron chi connectivity index (χ1n) is 10.0. The molecule has 0 aromatic heterocycles. The van der Waals surface area contributed by atoms with Gasteiger partial charge in [-0.15, -0.1) is 0 Å². The lowest BCUT2D eigenvalue weighted by Gasteiger charge is -2.28. The molecule has 0 aromatic carbocycles. The van der Waals surface area contributed by atoms with Crippen molar-refractivity contribution in [1.82, 2.24) is 16.0 Å². The van der Waals surface area contributed by atoms with Crippen LogP contribution in [0.3, 0.4) is 0 Å². The molecule has 4 amide bonds. The Morgan fingerprint density at radius 1 is 0.800 bits per heavy atom. The second-order valence-electron chi connectivity index (χ2n) is 7.60. The number of nitrogens with one attached hydrogen (secondary N) is 3. The number of nitrogens with two attached hydrogens (primary N) is 2. The Balaban J connectivity index is 5.56. The van der Waals surface area contributed by atoms with Gasteiger partial charge >= 0.3 is 5.97 Å². The molecule has 6 unspecified atom stereocenters. The first-order chi connectivity index (χ1) is 13.8. The summed E-state index contributed by atoms with van der Waals surface area (Å²) in [6.07, 6.45) is 0.501. The van der Waals surface area contributed by atoms with Crippen LogP contribution in [0.15, 0.2) is 0 Å². The SMILES string of the molecule is CCC(C)C(NC(=O)C(CC(N)=O)NC(=O)C(NC(=O)C(C)N)C(C)CC)C(=O)O. The molecule has 30 heavy (non-hydrogen) atoms. The maximum atomic E-state index is 12.8. The number of carbonyl (C=O) groups excluding carboxylic acids is 4. The quantitative estimate of drug-likeness (QED) is 0.212. The third kappa shape index (κ3) is 8.76. The molecule has 0 spiro atoms. The van der Waals surface area contributed by atoms with E-state index in [2.05, 4.69) is 16.0 Å². The molecule has 0 aromatic rings. The van der Waals surface area contributed by atoms with E-state index in [0.717, 1.165) is 0 Å². The van der Waals surface area contributed by atoms with Crippen LogP contribution in [-0.4, -0.2) is 58.9 Å². The van der Waals surface area contributed by atoms with Crippen molar-refractivity contribution < 1.29 is 29.1 Å². The zero-order valence-electron chi connectivity index (χ0n) is 18.2. The fraction of sp³-hybridized carbons (Fsp3) is 0.737. The van der Waals surface area contributed by atoms with Crippen LogP contribution in [0.2, 0.25) is 0 Å². The molecule has 11 heteroatoms. The average Bonchev–Trinajstić information content (AvgIpc) is 2.67. The normalized spacial score (nSPS) is 16.9. The van der Waals surface area contributed by atoms with Gasteiger partial charge in [-0.3, -0.25) is 19.2 Å². The molecule has 0 saturated carbocycles. The van der Waals surface area contributed by atoms with E-state index < -0.39 is 60.2 Å². The highest BCUT2D eigenvalue weighted by Crippen LogP contribution is 2.11. The predicted molar refractivity (Wildman–Crippen MR) is 110 cm³/mol. The second-order valence-corrected chi connectivity index (χ2v) is 7.60. The Hall–Kier alpha value is -2.69. The van der Waals surface area contributed by atoms with Gasteiger partial charge in [0.25, 0.3) is 0 Å². The van der Waals surface area contributed by atoms with E-state index in [0.29, 0.717) is 12.8 Å². The first-order valence-corrected chi connectivity index (χ1v) is 10.0. The Morgan fingerprint density at radius 2 is 1.27 bits per heavy atom. The minimum atomic E-state index is -1.39. The maximum absolute atomic E-state index is 12.8. The summed E-state index contributed by atoms with van der Waals surface area (Å²) in [7, 11) is 0. The molecule has 0 aliphatic rings. The van der Waals surface area contributed by atoms with Crippen molar-refractivity contribution >= 4 is 29.6 Å². The van der Waals surface area contributed by atoms with Crippen LogP contribution >= 0.6 is 0 Å². The second kappa shape index (κ2) is 12.8. The number of hydrogen-bond donors (Lipinski definition) is 6. The molecule has 0 rings (SSSR count). The molecule has 0 bridgehead atoms. The van der Waals surface area contributed by atoms with Crippen LogP contribution in [0, 0.1) is 11.8 Å². The van der Waals surface area contributed by atoms with Gasteiger partial charge in [0.05, 0.1) is 12.5 Å². The summed E-state index contributed by atoms with van der Waals surface area (Å²) in [5.74, 6) is -4.86. The fourth-order valence-corrected chi connectivity index (χ4v) is 2.60. The van der Waals surface area contributed by atoms with Gasteiger partial charge < -0.3 is 32.5 Å². The third-order valence-corrected chi connectivity index (χ3v) is 5.02. The van der Waals surface area contributed by atoms with Crippen molar-refractivity contribution in [2.24, 2.45) is 23.3 Å². The van der Waals surface area contributed by atoms with Crippen molar-refractivity contribution in [3.63, 3.8) is 0 Å². The number of hydrogen-bond acceptors (Lipinski definition) is 6. The number of aliphatic carboxylic acids is 1. The molecule has 0 fully saturated rings. The molecule has 0 radical (unpaired) electrons. The number of rotatable bonds is 13. The molecular formula is C19H35N5O6. The van der Waals surface area contributed by atoms with Crippen LogP contribution in [0.4, 0.5) is 0 Å². The summed E-state index contributed by atoms with van der Waals surface area (Å²) in [5, 5.41) is 16.7. The number of carbonyl (C=O) groups is 5. The highest BCUT2D eigenvalue weighted by molar-refractivity contribution is 5.96. The van der Waals surface area contributed by atoms with Crippen LogP contribution in [-0.2, 0) is 24.0 Å².